The third-order valence-electron chi connectivity index (χ3n) is 2.45. The lowest BCUT2D eigenvalue weighted by Crippen LogP contribution is -2.35. The molecule has 7 heteroatoms. The Hall–Kier alpha value is -1.21. The first kappa shape index (κ1) is 14.8. The highest BCUT2D eigenvalue weighted by Crippen LogP contribution is 2.16. The summed E-state index contributed by atoms with van der Waals surface area (Å²) in [4.78, 5) is 13.4. The second-order valence-corrected chi connectivity index (χ2v) is 4.97. The molecule has 1 heterocycles. The predicted molar refractivity (Wildman–Crippen MR) is 73.7 cm³/mol. The predicted octanol–water partition coefficient (Wildman–Crippen LogP) is 0.928. The molecule has 0 bridgehead atoms. The van der Waals surface area contributed by atoms with Gasteiger partial charge in [0.25, 0.3) is 0 Å². The number of likely N-dealkylation sites (N-methyl/N-ethyl adjacent to an activating group) is 2. The van der Waals surface area contributed by atoms with Gasteiger partial charge in [-0.05, 0) is 13.0 Å². The molecule has 0 fully saturated rings. The molecule has 0 unspecified atom stereocenters. The van der Waals surface area contributed by atoms with Gasteiger partial charge in [-0.3, -0.25) is 9.69 Å². The Kier molecular flexibility index (Phi) is 6.59. The van der Waals surface area contributed by atoms with Crippen molar-refractivity contribution in [2.24, 2.45) is 0 Å². The molecule has 1 aromatic rings. The third kappa shape index (κ3) is 4.97. The Bertz CT molecular complexity index is 368. The molecule has 1 rings (SSSR count). The fraction of sp³-hybridized carbons (Fsp3) is 0.727. The Morgan fingerprint density at radius 1 is 1.39 bits per heavy atom. The first-order valence-corrected chi connectivity index (χ1v) is 7.00. The molecule has 18 heavy (non-hydrogen) atoms. The lowest BCUT2D eigenvalue weighted by Gasteiger charge is -2.17. The summed E-state index contributed by atoms with van der Waals surface area (Å²) in [5, 5.41) is 15.8. The second-order valence-electron chi connectivity index (χ2n) is 3.90. The first-order valence-electron chi connectivity index (χ1n) is 6.18. The molecule has 0 aliphatic carbocycles. The van der Waals surface area contributed by atoms with Gasteiger partial charge in [0.2, 0.25) is 11.0 Å². The number of aromatic nitrogens is 2. The van der Waals surface area contributed by atoms with E-state index >= 15 is 0 Å². The molecule has 0 spiro atoms. The topological polar surface area (TPSA) is 70.2 Å². The first-order chi connectivity index (χ1) is 8.69. The number of hydrogen-bond acceptors (Lipinski definition) is 6. The zero-order valence-electron chi connectivity index (χ0n) is 11.2. The van der Waals surface area contributed by atoms with E-state index in [1.807, 2.05) is 11.8 Å². The Morgan fingerprint density at radius 2 is 2.17 bits per heavy atom. The van der Waals surface area contributed by atoms with E-state index < -0.39 is 0 Å². The maximum atomic E-state index is 11.3. The molecule has 6 nitrogen and oxygen atoms in total. The van der Waals surface area contributed by atoms with Crippen LogP contribution in [0.5, 0.6) is 0 Å². The van der Waals surface area contributed by atoms with Crippen molar-refractivity contribution in [3.05, 3.63) is 5.01 Å². The van der Waals surface area contributed by atoms with E-state index in [0.29, 0.717) is 13.1 Å². The van der Waals surface area contributed by atoms with Gasteiger partial charge in [0.05, 0.1) is 13.1 Å². The number of nitrogens with zero attached hydrogens (tertiary/aromatic N) is 3. The molecule has 0 atom stereocenters. The smallest absolute Gasteiger partial charge is 0.233 e. The van der Waals surface area contributed by atoms with E-state index in [1.54, 1.807) is 18.4 Å². The number of rotatable bonds is 8. The molecule has 1 aromatic heterocycles. The summed E-state index contributed by atoms with van der Waals surface area (Å²) >= 11 is 1.54. The lowest BCUT2D eigenvalue weighted by atomic mass is 10.4. The van der Waals surface area contributed by atoms with E-state index in [1.165, 1.54) is 0 Å². The quantitative estimate of drug-likeness (QED) is 0.736. The molecule has 0 aliphatic heterocycles. The van der Waals surface area contributed by atoms with Crippen LogP contribution in [0.15, 0.2) is 0 Å². The van der Waals surface area contributed by atoms with Crippen LogP contribution in [0, 0.1) is 0 Å². The summed E-state index contributed by atoms with van der Waals surface area (Å²) in [7, 11) is 1.65. The van der Waals surface area contributed by atoms with Crippen molar-refractivity contribution in [2.75, 3.05) is 32.0 Å². The number of amides is 1. The van der Waals surface area contributed by atoms with E-state index in [-0.39, 0.29) is 5.91 Å². The average Bonchev–Trinajstić information content (AvgIpc) is 2.82. The van der Waals surface area contributed by atoms with Crippen LogP contribution in [0.3, 0.4) is 0 Å². The standard InChI is InChI=1S/C11H21N5OS/c1-4-6-13-11-15-14-10(18-11)8-16(5-2)7-9(17)12-3/h4-8H2,1-3H3,(H,12,17)(H,13,15). The summed E-state index contributed by atoms with van der Waals surface area (Å²) in [6.07, 6.45) is 1.06. The zero-order valence-corrected chi connectivity index (χ0v) is 12.0. The fourth-order valence-corrected chi connectivity index (χ4v) is 2.18. The molecule has 102 valence electrons. The Labute approximate surface area is 112 Å². The normalized spacial score (nSPS) is 10.7. The van der Waals surface area contributed by atoms with Crippen molar-refractivity contribution in [3.63, 3.8) is 0 Å². The minimum absolute atomic E-state index is 0.0192. The minimum Gasteiger partial charge on any atom is -0.360 e. The summed E-state index contributed by atoms with van der Waals surface area (Å²) in [5.74, 6) is 0.0192. The highest BCUT2D eigenvalue weighted by atomic mass is 32.1. The van der Waals surface area contributed by atoms with Crippen molar-refractivity contribution in [3.8, 4) is 0 Å². The van der Waals surface area contributed by atoms with Gasteiger partial charge in [-0.15, -0.1) is 10.2 Å². The van der Waals surface area contributed by atoms with Crippen LogP contribution in [-0.4, -0.2) is 47.7 Å². The van der Waals surface area contributed by atoms with Crippen LogP contribution < -0.4 is 10.6 Å². The molecule has 2 N–H and O–H groups in total. The van der Waals surface area contributed by atoms with E-state index in [4.69, 9.17) is 0 Å². The lowest BCUT2D eigenvalue weighted by molar-refractivity contribution is -0.121. The van der Waals surface area contributed by atoms with Crippen LogP contribution in [0.4, 0.5) is 5.13 Å². The molecule has 0 aromatic carbocycles. The highest BCUT2D eigenvalue weighted by molar-refractivity contribution is 7.15. The highest BCUT2D eigenvalue weighted by Gasteiger charge is 2.11. The van der Waals surface area contributed by atoms with Crippen LogP contribution in [0.1, 0.15) is 25.3 Å². The number of carbonyl (C=O) groups excluding carboxylic acids is 1. The van der Waals surface area contributed by atoms with E-state index in [9.17, 15) is 4.79 Å². The van der Waals surface area contributed by atoms with Gasteiger partial charge in [-0.1, -0.05) is 25.2 Å². The van der Waals surface area contributed by atoms with Crippen molar-refractivity contribution in [1.82, 2.24) is 20.4 Å². The van der Waals surface area contributed by atoms with Crippen molar-refractivity contribution in [2.45, 2.75) is 26.8 Å². The second kappa shape index (κ2) is 7.99. The Balaban J connectivity index is 2.48. The zero-order chi connectivity index (χ0) is 13.4. The molecule has 0 saturated heterocycles. The number of carbonyl (C=O) groups is 1. The molecular weight excluding hydrogens is 250 g/mol. The molecule has 0 radical (unpaired) electrons. The van der Waals surface area contributed by atoms with Gasteiger partial charge in [-0.2, -0.15) is 0 Å². The van der Waals surface area contributed by atoms with E-state index in [0.717, 1.165) is 29.6 Å². The van der Waals surface area contributed by atoms with Crippen molar-refractivity contribution < 1.29 is 4.79 Å². The summed E-state index contributed by atoms with van der Waals surface area (Å²) < 4.78 is 0. The summed E-state index contributed by atoms with van der Waals surface area (Å²) in [6, 6.07) is 0. The van der Waals surface area contributed by atoms with Gasteiger partial charge < -0.3 is 10.6 Å². The van der Waals surface area contributed by atoms with Crippen LogP contribution in [0.25, 0.3) is 0 Å². The van der Waals surface area contributed by atoms with Crippen molar-refractivity contribution >= 4 is 22.4 Å². The average molecular weight is 271 g/mol. The van der Waals surface area contributed by atoms with Crippen LogP contribution in [0.2, 0.25) is 0 Å². The molecule has 0 saturated carbocycles. The minimum atomic E-state index is 0.0192. The van der Waals surface area contributed by atoms with Gasteiger partial charge in [0.15, 0.2) is 0 Å². The van der Waals surface area contributed by atoms with Crippen molar-refractivity contribution in [1.29, 1.82) is 0 Å². The van der Waals surface area contributed by atoms with Gasteiger partial charge in [0.1, 0.15) is 5.01 Å². The third-order valence-corrected chi connectivity index (χ3v) is 3.31. The molecule has 1 amide bonds. The SMILES string of the molecule is CCCNc1nnc(CN(CC)CC(=O)NC)s1. The summed E-state index contributed by atoms with van der Waals surface area (Å²) in [5.41, 5.74) is 0. The van der Waals surface area contributed by atoms with Gasteiger partial charge in [-0.25, -0.2) is 0 Å². The monoisotopic (exact) mass is 271 g/mol. The maximum absolute atomic E-state index is 11.3. The molecule has 0 aliphatic rings. The Morgan fingerprint density at radius 3 is 2.78 bits per heavy atom. The van der Waals surface area contributed by atoms with E-state index in [2.05, 4.69) is 27.8 Å². The maximum Gasteiger partial charge on any atom is 0.233 e. The van der Waals surface area contributed by atoms with Gasteiger partial charge >= 0.3 is 0 Å². The fourth-order valence-electron chi connectivity index (χ4n) is 1.37. The van der Waals surface area contributed by atoms with Crippen LogP contribution >= 0.6 is 11.3 Å². The number of hydrogen-bond donors (Lipinski definition) is 2. The largest absolute Gasteiger partial charge is 0.360 e. The number of nitrogens with one attached hydrogen (secondary N) is 2. The summed E-state index contributed by atoms with van der Waals surface area (Å²) in [6.45, 7) is 6.91. The molecular formula is C11H21N5OS. The van der Waals surface area contributed by atoms with Crippen LogP contribution in [-0.2, 0) is 11.3 Å². The number of anilines is 1. The van der Waals surface area contributed by atoms with Gasteiger partial charge in [0, 0.05) is 13.6 Å².